The monoisotopic (exact) mass is 594 g/mol. The lowest BCUT2D eigenvalue weighted by Gasteiger charge is -2.24. The van der Waals surface area contributed by atoms with E-state index in [0.717, 1.165) is 84.1 Å². The van der Waals surface area contributed by atoms with Crippen LogP contribution in [-0.4, -0.2) is 106 Å². The molecule has 2 amide bonds. The van der Waals surface area contributed by atoms with Crippen molar-refractivity contribution >= 4 is 11.8 Å². The van der Waals surface area contributed by atoms with E-state index in [2.05, 4.69) is 68.5 Å². The summed E-state index contributed by atoms with van der Waals surface area (Å²) in [5, 5.41) is 0. The minimum Gasteiger partial charge on any atom is -0.340 e. The van der Waals surface area contributed by atoms with Gasteiger partial charge in [-0.05, 0) is 76.1 Å². The van der Waals surface area contributed by atoms with E-state index in [4.69, 9.17) is 0 Å². The van der Waals surface area contributed by atoms with Gasteiger partial charge in [0.15, 0.2) is 0 Å². The van der Waals surface area contributed by atoms with E-state index in [1.165, 1.54) is 0 Å². The van der Waals surface area contributed by atoms with Crippen LogP contribution in [0.3, 0.4) is 0 Å². The molecule has 2 aliphatic heterocycles. The zero-order chi connectivity index (χ0) is 30.8. The van der Waals surface area contributed by atoms with E-state index in [-0.39, 0.29) is 23.9 Å². The van der Waals surface area contributed by atoms with E-state index < -0.39 is 0 Å². The number of amides is 2. The maximum Gasteiger partial charge on any atom is 0.237 e. The summed E-state index contributed by atoms with van der Waals surface area (Å²) in [7, 11) is 7.68. The minimum absolute atomic E-state index is 0.00241. The van der Waals surface area contributed by atoms with Crippen LogP contribution in [0, 0.1) is 0 Å². The fraction of sp³-hybridized carbons (Fsp3) is 0.412. The van der Waals surface area contributed by atoms with Crippen molar-refractivity contribution in [1.82, 2.24) is 39.5 Å². The van der Waals surface area contributed by atoms with Crippen LogP contribution < -0.4 is 0 Å². The van der Waals surface area contributed by atoms with Gasteiger partial charge >= 0.3 is 0 Å². The molecule has 0 aliphatic carbocycles. The molecule has 2 N–H and O–H groups in total. The van der Waals surface area contributed by atoms with Crippen LogP contribution in [0.2, 0.25) is 0 Å². The van der Waals surface area contributed by atoms with E-state index in [0.29, 0.717) is 13.1 Å². The average Bonchev–Trinajstić information content (AvgIpc) is 3.83. The largest absolute Gasteiger partial charge is 0.340 e. The number of likely N-dealkylation sites (tertiary alicyclic amines) is 2. The second kappa shape index (κ2) is 12.8. The molecule has 2 aromatic heterocycles. The molecule has 44 heavy (non-hydrogen) atoms. The molecule has 2 fully saturated rings. The van der Waals surface area contributed by atoms with Gasteiger partial charge in [0, 0.05) is 13.1 Å². The Labute approximate surface area is 259 Å². The van der Waals surface area contributed by atoms with Crippen molar-refractivity contribution < 1.29 is 9.59 Å². The first-order valence-electron chi connectivity index (χ1n) is 15.5. The molecule has 0 unspecified atom stereocenters. The minimum atomic E-state index is 0.00241. The topological polar surface area (TPSA) is 104 Å². The van der Waals surface area contributed by atoms with Crippen molar-refractivity contribution in [3.05, 3.63) is 72.6 Å². The van der Waals surface area contributed by atoms with Gasteiger partial charge in [0.25, 0.3) is 0 Å². The Morgan fingerprint density at radius 1 is 0.659 bits per heavy atom. The number of rotatable bonds is 9. The third-order valence-corrected chi connectivity index (χ3v) is 8.60. The first-order chi connectivity index (χ1) is 21.3. The molecule has 0 saturated carbocycles. The highest BCUT2D eigenvalue weighted by Crippen LogP contribution is 2.34. The van der Waals surface area contributed by atoms with Crippen molar-refractivity contribution in [3.8, 4) is 33.6 Å². The Morgan fingerprint density at radius 3 is 1.39 bits per heavy atom. The van der Waals surface area contributed by atoms with Gasteiger partial charge in [-0.15, -0.1) is 0 Å². The van der Waals surface area contributed by atoms with E-state index >= 15 is 0 Å². The second-order valence-electron chi connectivity index (χ2n) is 12.5. The Bertz CT molecular complexity index is 1470. The van der Waals surface area contributed by atoms with E-state index in [9.17, 15) is 9.59 Å². The molecule has 10 heteroatoms. The number of likely N-dealkylation sites (N-methyl/N-ethyl adjacent to an activating group) is 2. The number of carbonyl (C=O) groups is 2. The number of imidazole rings is 2. The molecule has 4 aromatic rings. The fourth-order valence-electron chi connectivity index (χ4n) is 6.41. The molecule has 0 spiro atoms. The van der Waals surface area contributed by atoms with Crippen LogP contribution in [-0.2, 0) is 9.59 Å². The van der Waals surface area contributed by atoms with Crippen molar-refractivity contribution in [2.75, 3.05) is 54.4 Å². The lowest BCUT2D eigenvalue weighted by atomic mass is 10.0. The quantitative estimate of drug-likeness (QED) is 0.294. The first kappa shape index (κ1) is 29.8. The van der Waals surface area contributed by atoms with Crippen molar-refractivity contribution in [2.24, 2.45) is 0 Å². The second-order valence-corrected chi connectivity index (χ2v) is 12.5. The molecule has 2 aliphatic rings. The molecular weight excluding hydrogens is 552 g/mol. The number of H-pyrrole nitrogens is 2. The predicted molar refractivity (Wildman–Crippen MR) is 172 cm³/mol. The highest BCUT2D eigenvalue weighted by molar-refractivity contribution is 5.79. The zero-order valence-corrected chi connectivity index (χ0v) is 26.1. The summed E-state index contributed by atoms with van der Waals surface area (Å²) < 4.78 is 0. The number of hydrogen-bond donors (Lipinski definition) is 2. The molecule has 230 valence electrons. The summed E-state index contributed by atoms with van der Waals surface area (Å²) >= 11 is 0. The van der Waals surface area contributed by atoms with Gasteiger partial charge in [-0.1, -0.05) is 48.5 Å². The third kappa shape index (κ3) is 6.32. The number of hydrogen-bond acceptors (Lipinski definition) is 6. The summed E-state index contributed by atoms with van der Waals surface area (Å²) in [6.45, 7) is 2.38. The summed E-state index contributed by atoms with van der Waals surface area (Å²) in [6.07, 6.45) is 7.58. The highest BCUT2D eigenvalue weighted by atomic mass is 16.2. The third-order valence-electron chi connectivity index (χ3n) is 8.60. The Kier molecular flexibility index (Phi) is 8.63. The predicted octanol–water partition coefficient (Wildman–Crippen LogP) is 4.58. The number of nitrogens with zero attached hydrogens (tertiary/aromatic N) is 6. The smallest absolute Gasteiger partial charge is 0.237 e. The molecule has 2 atom stereocenters. The van der Waals surface area contributed by atoms with Crippen LogP contribution >= 0.6 is 0 Å². The van der Waals surface area contributed by atoms with Crippen LogP contribution in [0.1, 0.15) is 49.4 Å². The van der Waals surface area contributed by atoms with Crippen LogP contribution in [0.5, 0.6) is 0 Å². The average molecular weight is 595 g/mol. The maximum absolute atomic E-state index is 12.7. The Balaban J connectivity index is 1.11. The molecular formula is C34H42N8O2. The van der Waals surface area contributed by atoms with Gasteiger partial charge in [0.1, 0.15) is 11.6 Å². The van der Waals surface area contributed by atoms with E-state index in [1.54, 1.807) is 0 Å². The van der Waals surface area contributed by atoms with Gasteiger partial charge in [0.2, 0.25) is 11.8 Å². The summed E-state index contributed by atoms with van der Waals surface area (Å²) in [5.41, 5.74) is 6.28. The van der Waals surface area contributed by atoms with Gasteiger partial charge in [-0.3, -0.25) is 9.59 Å². The molecule has 10 nitrogen and oxygen atoms in total. The van der Waals surface area contributed by atoms with Crippen molar-refractivity contribution in [1.29, 1.82) is 0 Å². The number of aromatic amines is 2. The Hall–Kier alpha value is -4.28. The molecule has 2 aromatic carbocycles. The van der Waals surface area contributed by atoms with Crippen LogP contribution in [0.15, 0.2) is 60.9 Å². The van der Waals surface area contributed by atoms with Gasteiger partial charge in [-0.25, -0.2) is 9.97 Å². The molecule has 0 radical (unpaired) electrons. The van der Waals surface area contributed by atoms with Gasteiger partial charge < -0.3 is 29.6 Å². The van der Waals surface area contributed by atoms with Crippen LogP contribution in [0.25, 0.3) is 33.6 Å². The zero-order valence-electron chi connectivity index (χ0n) is 26.1. The van der Waals surface area contributed by atoms with E-state index in [1.807, 2.05) is 60.2 Å². The lowest BCUT2D eigenvalue weighted by Crippen LogP contribution is -2.37. The molecule has 2 saturated heterocycles. The molecule has 0 bridgehead atoms. The highest BCUT2D eigenvalue weighted by Gasteiger charge is 2.33. The Morgan fingerprint density at radius 2 is 1.02 bits per heavy atom. The van der Waals surface area contributed by atoms with Crippen LogP contribution in [0.4, 0.5) is 0 Å². The standard InChI is InChI=1S/C34H42N8O2/c1-39(2)21-31(43)41-17-5-7-29(41)33-35-19-27(37-33)25-13-9-23(10-14-25)24-11-15-26(16-12-24)28-20-36-34(38-28)30-8-6-18-42(30)32(44)22-40(3)4/h9-16,19-20,29-30H,5-8,17-18,21-22H2,1-4H3,(H,35,37)(H,36,38)/t29-,30-/m0/s1. The number of nitrogens with one attached hydrogen (secondary N) is 2. The number of benzene rings is 2. The summed E-state index contributed by atoms with van der Waals surface area (Å²) in [4.78, 5) is 49.5. The van der Waals surface area contributed by atoms with Crippen molar-refractivity contribution in [2.45, 2.75) is 37.8 Å². The normalized spacial score (nSPS) is 18.6. The SMILES string of the molecule is CN(C)CC(=O)N1CCC[C@H]1c1ncc(-c2ccc(-c3ccc(-c4cnc([C@@H]5CCCN5C(=O)CN(C)C)[nH]4)cc3)cc2)[nH]1. The summed E-state index contributed by atoms with van der Waals surface area (Å²) in [6, 6.07) is 16.9. The summed E-state index contributed by atoms with van der Waals surface area (Å²) in [5.74, 6) is 2.00. The first-order valence-corrected chi connectivity index (χ1v) is 15.5. The molecule has 4 heterocycles. The fourth-order valence-corrected chi connectivity index (χ4v) is 6.41. The van der Waals surface area contributed by atoms with Crippen molar-refractivity contribution in [3.63, 3.8) is 0 Å². The lowest BCUT2D eigenvalue weighted by molar-refractivity contribution is -0.133. The van der Waals surface area contributed by atoms with Gasteiger partial charge in [0.05, 0.1) is 49.0 Å². The number of carbonyl (C=O) groups excluding carboxylic acids is 2. The molecule has 6 rings (SSSR count). The van der Waals surface area contributed by atoms with Gasteiger partial charge in [-0.2, -0.15) is 0 Å². The number of aromatic nitrogens is 4. The maximum atomic E-state index is 12.7.